The van der Waals surface area contributed by atoms with Gasteiger partial charge in [0.15, 0.2) is 0 Å². The van der Waals surface area contributed by atoms with Gasteiger partial charge in [-0.05, 0) is 43.5 Å². The number of benzene rings is 1. The second-order valence-electron chi connectivity index (χ2n) is 5.22. The Morgan fingerprint density at radius 3 is 2.50 bits per heavy atom. The highest BCUT2D eigenvalue weighted by atomic mass is 19.4. The van der Waals surface area contributed by atoms with Crippen molar-refractivity contribution in [2.75, 3.05) is 24.5 Å². The summed E-state index contributed by atoms with van der Waals surface area (Å²) in [5.41, 5.74) is 0.512. The van der Waals surface area contributed by atoms with Crippen LogP contribution in [0.5, 0.6) is 0 Å². The van der Waals surface area contributed by atoms with E-state index in [-0.39, 0.29) is 0 Å². The molecule has 0 aromatic heterocycles. The van der Waals surface area contributed by atoms with Gasteiger partial charge in [0.2, 0.25) is 0 Å². The van der Waals surface area contributed by atoms with Crippen molar-refractivity contribution >= 4 is 5.69 Å². The molecule has 1 N–H and O–H groups in total. The Kier molecular flexibility index (Phi) is 4.91. The molecule has 1 fully saturated rings. The number of nitrogens with one attached hydrogen (secondary N) is 1. The minimum absolute atomic E-state index is 0.328. The molecule has 0 atom stereocenters. The Hall–Kier alpha value is -1.23. The van der Waals surface area contributed by atoms with Gasteiger partial charge in [-0.15, -0.1) is 0 Å². The predicted octanol–water partition coefficient (Wildman–Crippen LogP) is 3.81. The molecule has 1 saturated heterocycles. The van der Waals surface area contributed by atoms with Gasteiger partial charge in [-0.1, -0.05) is 13.0 Å². The zero-order chi connectivity index (χ0) is 14.6. The minimum atomic E-state index is -4.29. The largest absolute Gasteiger partial charge is 0.418 e. The van der Waals surface area contributed by atoms with Crippen LogP contribution in [0, 0.1) is 0 Å². The maximum Gasteiger partial charge on any atom is 0.418 e. The maximum absolute atomic E-state index is 13.2. The summed E-state index contributed by atoms with van der Waals surface area (Å²) in [5, 5.41) is 3.14. The van der Waals surface area contributed by atoms with E-state index >= 15 is 0 Å². The molecule has 2 rings (SSSR count). The molecule has 0 bridgehead atoms. The third kappa shape index (κ3) is 3.66. The van der Waals surface area contributed by atoms with E-state index in [1.807, 2.05) is 11.8 Å². The summed E-state index contributed by atoms with van der Waals surface area (Å²) in [5.74, 6) is 0. The summed E-state index contributed by atoms with van der Waals surface area (Å²) in [6.45, 7) is 4.77. The van der Waals surface area contributed by atoms with E-state index in [9.17, 15) is 13.2 Å². The number of halogens is 3. The van der Waals surface area contributed by atoms with Crippen LogP contribution < -0.4 is 10.2 Å². The molecule has 20 heavy (non-hydrogen) atoms. The molecular formula is C15H21F3N2. The number of nitrogens with zero attached hydrogens (tertiary/aromatic N) is 1. The Balaban J connectivity index is 2.23. The molecule has 0 spiro atoms. The molecule has 0 amide bonds. The van der Waals surface area contributed by atoms with Gasteiger partial charge in [-0.2, -0.15) is 13.2 Å². The van der Waals surface area contributed by atoms with E-state index in [0.29, 0.717) is 17.8 Å². The van der Waals surface area contributed by atoms with Gasteiger partial charge in [-0.3, -0.25) is 0 Å². The zero-order valence-electron chi connectivity index (χ0n) is 11.8. The van der Waals surface area contributed by atoms with Crippen molar-refractivity contribution in [2.45, 2.75) is 38.9 Å². The van der Waals surface area contributed by atoms with Gasteiger partial charge in [0.05, 0.1) is 5.56 Å². The fourth-order valence-corrected chi connectivity index (χ4v) is 2.56. The standard InChI is InChI=1S/C15H21F3N2/c1-2-7-19-11-12-5-6-14(20-8-3-4-9-20)13(10-12)15(16,17)18/h5-6,10,19H,2-4,7-9,11H2,1H3. The minimum Gasteiger partial charge on any atom is -0.371 e. The molecule has 1 aromatic rings. The summed E-state index contributed by atoms with van der Waals surface area (Å²) < 4.78 is 39.7. The SMILES string of the molecule is CCCNCc1ccc(N2CCCC2)c(C(F)(F)F)c1. The van der Waals surface area contributed by atoms with Gasteiger partial charge in [0, 0.05) is 25.3 Å². The molecule has 112 valence electrons. The molecule has 1 aromatic carbocycles. The van der Waals surface area contributed by atoms with Gasteiger partial charge in [0.25, 0.3) is 0 Å². The van der Waals surface area contributed by atoms with E-state index in [2.05, 4.69) is 5.32 Å². The highest BCUT2D eigenvalue weighted by Gasteiger charge is 2.35. The van der Waals surface area contributed by atoms with Gasteiger partial charge in [0.1, 0.15) is 0 Å². The van der Waals surface area contributed by atoms with Crippen molar-refractivity contribution in [3.63, 3.8) is 0 Å². The Morgan fingerprint density at radius 2 is 1.90 bits per heavy atom. The Morgan fingerprint density at radius 1 is 1.20 bits per heavy atom. The van der Waals surface area contributed by atoms with E-state index in [1.165, 1.54) is 6.07 Å². The van der Waals surface area contributed by atoms with Crippen LogP contribution in [0.4, 0.5) is 18.9 Å². The Bertz CT molecular complexity index is 437. The average molecular weight is 286 g/mol. The maximum atomic E-state index is 13.2. The Labute approximate surface area is 118 Å². The van der Waals surface area contributed by atoms with Crippen molar-refractivity contribution in [1.82, 2.24) is 5.32 Å². The molecule has 1 aliphatic heterocycles. The van der Waals surface area contributed by atoms with Crippen LogP contribution in [0.15, 0.2) is 18.2 Å². The first kappa shape index (κ1) is 15.2. The first-order valence-corrected chi connectivity index (χ1v) is 7.18. The van der Waals surface area contributed by atoms with Gasteiger partial charge < -0.3 is 10.2 Å². The predicted molar refractivity (Wildman–Crippen MR) is 74.9 cm³/mol. The lowest BCUT2D eigenvalue weighted by Gasteiger charge is -2.23. The van der Waals surface area contributed by atoms with Gasteiger partial charge in [-0.25, -0.2) is 0 Å². The topological polar surface area (TPSA) is 15.3 Å². The lowest BCUT2D eigenvalue weighted by Crippen LogP contribution is -2.23. The lowest BCUT2D eigenvalue weighted by molar-refractivity contribution is -0.137. The number of hydrogen-bond acceptors (Lipinski definition) is 2. The molecule has 5 heteroatoms. The normalized spacial score (nSPS) is 15.9. The van der Waals surface area contributed by atoms with Crippen LogP contribution >= 0.6 is 0 Å². The second-order valence-corrected chi connectivity index (χ2v) is 5.22. The first-order chi connectivity index (χ1) is 9.52. The summed E-state index contributed by atoms with van der Waals surface area (Å²) in [4.78, 5) is 1.84. The molecule has 2 nitrogen and oxygen atoms in total. The molecular weight excluding hydrogens is 265 g/mol. The fraction of sp³-hybridized carbons (Fsp3) is 0.600. The number of hydrogen-bond donors (Lipinski definition) is 1. The number of alkyl halides is 3. The van der Waals surface area contributed by atoms with Crippen molar-refractivity contribution in [2.24, 2.45) is 0 Å². The first-order valence-electron chi connectivity index (χ1n) is 7.18. The number of anilines is 1. The number of rotatable bonds is 5. The third-order valence-corrected chi connectivity index (χ3v) is 3.57. The van der Waals surface area contributed by atoms with Gasteiger partial charge >= 0.3 is 6.18 Å². The van der Waals surface area contributed by atoms with E-state index in [0.717, 1.165) is 38.9 Å². The molecule has 0 saturated carbocycles. The molecule has 1 heterocycles. The van der Waals surface area contributed by atoms with Crippen molar-refractivity contribution in [1.29, 1.82) is 0 Å². The van der Waals surface area contributed by atoms with Crippen LogP contribution in [0.2, 0.25) is 0 Å². The quantitative estimate of drug-likeness (QED) is 0.828. The average Bonchev–Trinajstić information content (AvgIpc) is 2.92. The van der Waals surface area contributed by atoms with Crippen LogP contribution in [0.25, 0.3) is 0 Å². The van der Waals surface area contributed by atoms with E-state index in [1.54, 1.807) is 12.1 Å². The summed E-state index contributed by atoms with van der Waals surface area (Å²) in [7, 11) is 0. The van der Waals surface area contributed by atoms with E-state index in [4.69, 9.17) is 0 Å². The monoisotopic (exact) mass is 286 g/mol. The second kappa shape index (κ2) is 6.48. The molecule has 0 aliphatic carbocycles. The summed E-state index contributed by atoms with van der Waals surface area (Å²) >= 11 is 0. The van der Waals surface area contributed by atoms with Crippen LogP contribution in [0.3, 0.4) is 0 Å². The molecule has 1 aliphatic rings. The highest BCUT2D eigenvalue weighted by Crippen LogP contribution is 2.38. The van der Waals surface area contributed by atoms with Crippen LogP contribution in [-0.4, -0.2) is 19.6 Å². The summed E-state index contributed by atoms with van der Waals surface area (Å²) in [6.07, 6.45) is -1.38. The fourth-order valence-electron chi connectivity index (χ4n) is 2.56. The summed E-state index contributed by atoms with van der Waals surface area (Å²) in [6, 6.07) is 4.71. The smallest absolute Gasteiger partial charge is 0.371 e. The third-order valence-electron chi connectivity index (χ3n) is 3.57. The van der Waals surface area contributed by atoms with Crippen molar-refractivity contribution in [3.05, 3.63) is 29.3 Å². The molecule has 0 unspecified atom stereocenters. The van der Waals surface area contributed by atoms with Crippen molar-refractivity contribution in [3.8, 4) is 0 Å². The van der Waals surface area contributed by atoms with Crippen molar-refractivity contribution < 1.29 is 13.2 Å². The van der Waals surface area contributed by atoms with E-state index < -0.39 is 11.7 Å². The zero-order valence-corrected chi connectivity index (χ0v) is 11.8. The lowest BCUT2D eigenvalue weighted by atomic mass is 10.1. The highest BCUT2D eigenvalue weighted by molar-refractivity contribution is 5.57. The molecule has 0 radical (unpaired) electrons. The van der Waals surface area contributed by atoms with Crippen LogP contribution in [-0.2, 0) is 12.7 Å². The van der Waals surface area contributed by atoms with Crippen LogP contribution in [0.1, 0.15) is 37.3 Å².